The van der Waals surface area contributed by atoms with Gasteiger partial charge in [-0.05, 0) is 64.3 Å². The van der Waals surface area contributed by atoms with Crippen LogP contribution in [0.3, 0.4) is 0 Å². The van der Waals surface area contributed by atoms with Crippen molar-refractivity contribution in [3.63, 3.8) is 0 Å². The highest BCUT2D eigenvalue weighted by Gasteiger charge is 2.69. The molecule has 136 valence electrons. The molecule has 3 aliphatic carbocycles. The molecule has 25 heavy (non-hydrogen) atoms. The molecular formula is C18H23ClN2O4. The Bertz CT molecular complexity index is 662. The summed E-state index contributed by atoms with van der Waals surface area (Å²) in [4.78, 5) is 23.9. The molecule has 1 aromatic rings. The average Bonchev–Trinajstić information content (AvgIpc) is 2.41. The molecule has 0 heterocycles. The number of hydrogen-bond donors (Lipinski definition) is 2. The zero-order valence-corrected chi connectivity index (χ0v) is 15.4. The van der Waals surface area contributed by atoms with E-state index in [1.165, 1.54) is 0 Å². The zero-order chi connectivity index (χ0) is 18.3. The van der Waals surface area contributed by atoms with Crippen LogP contribution in [0.2, 0.25) is 5.02 Å². The second kappa shape index (κ2) is 6.09. The Kier molecular flexibility index (Phi) is 4.35. The summed E-state index contributed by atoms with van der Waals surface area (Å²) < 4.78 is 10.7. The Balaban J connectivity index is 1.39. The van der Waals surface area contributed by atoms with Gasteiger partial charge < -0.3 is 20.1 Å². The Hall–Kier alpha value is -1.95. The number of rotatable bonds is 5. The molecule has 4 rings (SSSR count). The van der Waals surface area contributed by atoms with Crippen LogP contribution in [0.25, 0.3) is 0 Å². The molecule has 0 aliphatic heterocycles. The first-order chi connectivity index (χ1) is 11.6. The second-order valence-electron chi connectivity index (χ2n) is 8.01. The molecule has 0 unspecified atom stereocenters. The highest BCUT2D eigenvalue weighted by Crippen LogP contribution is 2.60. The van der Waals surface area contributed by atoms with Gasteiger partial charge in [-0.3, -0.25) is 4.79 Å². The van der Waals surface area contributed by atoms with Crippen molar-refractivity contribution in [2.24, 2.45) is 0 Å². The first-order valence-electron chi connectivity index (χ1n) is 8.29. The van der Waals surface area contributed by atoms with E-state index in [0.717, 1.165) is 19.3 Å². The maximum Gasteiger partial charge on any atom is 0.408 e. The van der Waals surface area contributed by atoms with E-state index in [-0.39, 0.29) is 23.6 Å². The van der Waals surface area contributed by atoms with Crippen molar-refractivity contribution < 1.29 is 19.1 Å². The molecule has 0 radical (unpaired) electrons. The summed E-state index contributed by atoms with van der Waals surface area (Å²) in [7, 11) is 0. The lowest BCUT2D eigenvalue weighted by atomic mass is 9.44. The zero-order valence-electron chi connectivity index (χ0n) is 14.6. The first kappa shape index (κ1) is 17.9. The predicted octanol–water partition coefficient (Wildman–Crippen LogP) is 3.03. The first-order valence-corrected chi connectivity index (χ1v) is 8.67. The molecule has 0 spiro atoms. The molecule has 3 saturated carbocycles. The lowest BCUT2D eigenvalue weighted by molar-refractivity contribution is -0.142. The molecule has 1 aromatic carbocycles. The van der Waals surface area contributed by atoms with Gasteiger partial charge in [0.1, 0.15) is 11.4 Å². The Morgan fingerprint density at radius 1 is 1.08 bits per heavy atom. The number of carbonyl (C=O) groups is 2. The minimum absolute atomic E-state index is 0.0458. The van der Waals surface area contributed by atoms with Gasteiger partial charge in [-0.1, -0.05) is 11.6 Å². The van der Waals surface area contributed by atoms with Crippen LogP contribution in [0.1, 0.15) is 40.0 Å². The van der Waals surface area contributed by atoms with Gasteiger partial charge in [0.25, 0.3) is 5.91 Å². The summed E-state index contributed by atoms with van der Waals surface area (Å²) in [6.45, 7) is 5.45. The van der Waals surface area contributed by atoms with Crippen LogP contribution in [0.15, 0.2) is 24.3 Å². The van der Waals surface area contributed by atoms with Crippen LogP contribution in [0.5, 0.6) is 5.75 Å². The number of carbonyl (C=O) groups excluding carboxylic acids is 2. The van der Waals surface area contributed by atoms with Crippen LogP contribution in [-0.2, 0) is 9.53 Å². The van der Waals surface area contributed by atoms with E-state index in [0.29, 0.717) is 10.8 Å². The molecule has 3 fully saturated rings. The van der Waals surface area contributed by atoms with Gasteiger partial charge in [-0.25, -0.2) is 4.79 Å². The lowest BCUT2D eigenvalue weighted by Crippen LogP contribution is -2.84. The monoisotopic (exact) mass is 366 g/mol. The molecule has 6 nitrogen and oxygen atoms in total. The highest BCUT2D eigenvalue weighted by molar-refractivity contribution is 6.30. The summed E-state index contributed by atoms with van der Waals surface area (Å²) >= 11 is 5.80. The van der Waals surface area contributed by atoms with Gasteiger partial charge in [0.2, 0.25) is 0 Å². The van der Waals surface area contributed by atoms with Crippen LogP contribution >= 0.6 is 11.6 Å². The largest absolute Gasteiger partial charge is 0.484 e. The second-order valence-corrected chi connectivity index (χ2v) is 8.45. The maximum atomic E-state index is 12.1. The lowest BCUT2D eigenvalue weighted by Gasteiger charge is -2.70. The summed E-state index contributed by atoms with van der Waals surface area (Å²) in [5.74, 6) is 0.431. The average molecular weight is 367 g/mol. The molecule has 7 heteroatoms. The minimum atomic E-state index is -0.515. The third-order valence-corrected chi connectivity index (χ3v) is 4.64. The number of amides is 2. The fourth-order valence-corrected chi connectivity index (χ4v) is 3.71. The van der Waals surface area contributed by atoms with Crippen LogP contribution in [0.4, 0.5) is 4.79 Å². The molecule has 2 amide bonds. The van der Waals surface area contributed by atoms with E-state index in [4.69, 9.17) is 21.1 Å². The smallest absolute Gasteiger partial charge is 0.408 e. The van der Waals surface area contributed by atoms with E-state index in [2.05, 4.69) is 10.6 Å². The van der Waals surface area contributed by atoms with Crippen molar-refractivity contribution in [2.75, 3.05) is 6.61 Å². The predicted molar refractivity (Wildman–Crippen MR) is 93.8 cm³/mol. The number of halogens is 1. The highest BCUT2D eigenvalue weighted by atomic mass is 35.5. The molecule has 2 bridgehead atoms. The summed E-state index contributed by atoms with van der Waals surface area (Å²) in [6.07, 6.45) is 1.78. The number of benzene rings is 1. The molecule has 0 saturated heterocycles. The number of ether oxygens (including phenoxy) is 2. The van der Waals surface area contributed by atoms with Crippen molar-refractivity contribution in [3.05, 3.63) is 29.3 Å². The van der Waals surface area contributed by atoms with E-state index >= 15 is 0 Å². The van der Waals surface area contributed by atoms with Crippen LogP contribution < -0.4 is 15.4 Å². The standard InChI is InChI=1S/C18H23ClN2O4/c1-16(2,3)25-15(23)21-18-9-17(10-18,11-18)20-14(22)8-24-13-6-4-12(19)5-7-13/h4-7H,8-11H2,1-3H3,(H,20,22)(H,21,23). The van der Waals surface area contributed by atoms with Crippen molar-refractivity contribution in [1.29, 1.82) is 0 Å². The third kappa shape index (κ3) is 4.18. The minimum Gasteiger partial charge on any atom is -0.484 e. The van der Waals surface area contributed by atoms with E-state index in [1.807, 2.05) is 20.8 Å². The molecule has 2 N–H and O–H groups in total. The summed E-state index contributed by atoms with van der Waals surface area (Å²) in [6, 6.07) is 6.86. The van der Waals surface area contributed by atoms with Crippen molar-refractivity contribution in [1.82, 2.24) is 10.6 Å². The molecule has 0 atom stereocenters. The van der Waals surface area contributed by atoms with Gasteiger partial charge in [-0.2, -0.15) is 0 Å². The van der Waals surface area contributed by atoms with Crippen molar-refractivity contribution in [3.8, 4) is 5.75 Å². The van der Waals surface area contributed by atoms with E-state index in [9.17, 15) is 9.59 Å². The SMILES string of the molecule is CC(C)(C)OC(=O)NC12CC(NC(=O)COc3ccc(Cl)cc3)(C1)C2. The quantitative estimate of drug-likeness (QED) is 0.839. The van der Waals surface area contributed by atoms with Gasteiger partial charge >= 0.3 is 6.09 Å². The van der Waals surface area contributed by atoms with Gasteiger partial charge in [-0.15, -0.1) is 0 Å². The van der Waals surface area contributed by atoms with E-state index < -0.39 is 11.7 Å². The molecule has 3 aliphatic rings. The third-order valence-electron chi connectivity index (χ3n) is 4.38. The normalized spacial score (nSPS) is 26.7. The van der Waals surface area contributed by atoms with Crippen LogP contribution in [-0.4, -0.2) is 35.3 Å². The van der Waals surface area contributed by atoms with Gasteiger partial charge in [0.15, 0.2) is 6.61 Å². The summed E-state index contributed by atoms with van der Waals surface area (Å²) in [5.41, 5.74) is -0.958. The van der Waals surface area contributed by atoms with E-state index in [1.54, 1.807) is 24.3 Å². The van der Waals surface area contributed by atoms with Gasteiger partial charge in [0, 0.05) is 10.6 Å². The number of alkyl carbamates (subject to hydrolysis) is 1. The summed E-state index contributed by atoms with van der Waals surface area (Å²) in [5, 5.41) is 6.54. The Morgan fingerprint density at radius 3 is 2.20 bits per heavy atom. The molecular weight excluding hydrogens is 344 g/mol. The Labute approximate surface area is 152 Å². The Morgan fingerprint density at radius 2 is 1.64 bits per heavy atom. The van der Waals surface area contributed by atoms with Crippen molar-refractivity contribution in [2.45, 2.75) is 56.7 Å². The van der Waals surface area contributed by atoms with Crippen molar-refractivity contribution >= 4 is 23.6 Å². The maximum absolute atomic E-state index is 12.1. The number of hydrogen-bond acceptors (Lipinski definition) is 4. The van der Waals surface area contributed by atoms with Gasteiger partial charge in [0.05, 0.1) is 5.54 Å². The van der Waals surface area contributed by atoms with Crippen LogP contribution in [0, 0.1) is 0 Å². The topological polar surface area (TPSA) is 76.7 Å². The number of nitrogens with one attached hydrogen (secondary N) is 2. The fraction of sp³-hybridized carbons (Fsp3) is 0.556. The fourth-order valence-electron chi connectivity index (χ4n) is 3.58. The molecule has 0 aromatic heterocycles.